The highest BCUT2D eigenvalue weighted by Gasteiger charge is 2.28. The van der Waals surface area contributed by atoms with E-state index in [0.717, 1.165) is 29.3 Å². The Kier molecular flexibility index (Phi) is 6.31. The maximum absolute atomic E-state index is 12.0. The molecule has 0 spiro atoms. The molecule has 2 aliphatic rings. The predicted molar refractivity (Wildman–Crippen MR) is 114 cm³/mol. The number of fused-ring (bicyclic) bond motifs is 1. The van der Waals surface area contributed by atoms with Gasteiger partial charge in [0.1, 0.15) is 30.8 Å². The average molecular weight is 429 g/mol. The number of aromatic nitrogens is 1. The predicted octanol–water partition coefficient (Wildman–Crippen LogP) is 2.26. The molecule has 9 nitrogen and oxygen atoms in total. The van der Waals surface area contributed by atoms with Crippen molar-refractivity contribution >= 4 is 17.3 Å². The molecule has 0 unspecified atom stereocenters. The first-order chi connectivity index (χ1) is 15.1. The smallest absolute Gasteiger partial charge is 0.256 e. The van der Waals surface area contributed by atoms with Crippen LogP contribution in [0.3, 0.4) is 0 Å². The summed E-state index contributed by atoms with van der Waals surface area (Å²) >= 11 is 0. The molecule has 9 heteroatoms. The molecule has 1 saturated heterocycles. The quantitative estimate of drug-likeness (QED) is 0.663. The number of carbonyl (C=O) groups excluding carboxylic acids is 1. The minimum absolute atomic E-state index is 0.0143. The van der Waals surface area contributed by atoms with Gasteiger partial charge in [-0.25, -0.2) is 4.98 Å². The summed E-state index contributed by atoms with van der Waals surface area (Å²) in [4.78, 5) is 20.3. The Bertz CT molecular complexity index is 937. The molecule has 0 bridgehead atoms. The molecule has 2 aromatic rings. The molecule has 0 saturated carbocycles. The SMILES string of the molecule is COCC(=O)N1CC[C@H](Oc2ccc3c(c2)N(c2cnc(OC)c(OC)c2)CCO3)C1. The van der Waals surface area contributed by atoms with Gasteiger partial charge in [0.2, 0.25) is 5.91 Å². The zero-order valence-electron chi connectivity index (χ0n) is 18.0. The van der Waals surface area contributed by atoms with Crippen LogP contribution < -0.4 is 23.8 Å². The molecule has 0 radical (unpaired) electrons. The van der Waals surface area contributed by atoms with Crippen LogP contribution in [-0.2, 0) is 9.53 Å². The van der Waals surface area contributed by atoms with E-state index in [4.69, 9.17) is 23.7 Å². The monoisotopic (exact) mass is 429 g/mol. The van der Waals surface area contributed by atoms with Crippen LogP contribution in [0.25, 0.3) is 0 Å². The van der Waals surface area contributed by atoms with E-state index in [1.807, 2.05) is 24.3 Å². The second kappa shape index (κ2) is 9.30. The number of hydrogen-bond acceptors (Lipinski definition) is 8. The number of likely N-dealkylation sites (tertiary alicyclic amines) is 1. The Morgan fingerprint density at radius 3 is 2.84 bits per heavy atom. The number of hydrogen-bond donors (Lipinski definition) is 0. The summed E-state index contributed by atoms with van der Waals surface area (Å²) in [5, 5.41) is 0. The molecule has 2 aliphatic heterocycles. The Balaban J connectivity index is 1.53. The van der Waals surface area contributed by atoms with E-state index in [0.29, 0.717) is 37.9 Å². The summed E-state index contributed by atoms with van der Waals surface area (Å²) in [5.41, 5.74) is 1.76. The molecule has 1 fully saturated rings. The van der Waals surface area contributed by atoms with Gasteiger partial charge in [-0.1, -0.05) is 0 Å². The highest BCUT2D eigenvalue weighted by atomic mass is 16.5. The van der Waals surface area contributed by atoms with Gasteiger partial charge in [-0.3, -0.25) is 4.79 Å². The Hall–Kier alpha value is -3.20. The molecule has 1 aromatic heterocycles. The van der Waals surface area contributed by atoms with Gasteiger partial charge in [0, 0.05) is 32.2 Å². The molecule has 1 atom stereocenters. The van der Waals surface area contributed by atoms with Crippen LogP contribution in [0.1, 0.15) is 6.42 Å². The first-order valence-corrected chi connectivity index (χ1v) is 10.2. The maximum atomic E-state index is 12.0. The van der Waals surface area contributed by atoms with Crippen molar-refractivity contribution in [2.24, 2.45) is 0 Å². The van der Waals surface area contributed by atoms with Gasteiger partial charge in [-0.15, -0.1) is 0 Å². The van der Waals surface area contributed by atoms with Crippen molar-refractivity contribution in [3.05, 3.63) is 30.5 Å². The van der Waals surface area contributed by atoms with Gasteiger partial charge in [-0.05, 0) is 12.1 Å². The molecular formula is C22H27N3O6. The summed E-state index contributed by atoms with van der Waals surface area (Å²) in [7, 11) is 4.67. The topological polar surface area (TPSA) is 82.6 Å². The summed E-state index contributed by atoms with van der Waals surface area (Å²) in [6, 6.07) is 7.66. The lowest BCUT2D eigenvalue weighted by molar-refractivity contribution is -0.134. The van der Waals surface area contributed by atoms with Crippen LogP contribution in [0, 0.1) is 0 Å². The molecule has 31 heavy (non-hydrogen) atoms. The molecule has 166 valence electrons. The summed E-state index contributed by atoms with van der Waals surface area (Å²) in [6.45, 7) is 2.54. The van der Waals surface area contributed by atoms with Gasteiger partial charge < -0.3 is 33.5 Å². The average Bonchev–Trinajstić information content (AvgIpc) is 3.27. The minimum atomic E-state index is -0.0560. The Morgan fingerprint density at radius 2 is 2.06 bits per heavy atom. The van der Waals surface area contributed by atoms with Crippen LogP contribution in [0.15, 0.2) is 30.5 Å². The summed E-state index contributed by atoms with van der Waals surface area (Å²) < 4.78 is 27.6. The first-order valence-electron chi connectivity index (χ1n) is 10.2. The van der Waals surface area contributed by atoms with E-state index in [-0.39, 0.29) is 18.6 Å². The lowest BCUT2D eigenvalue weighted by Gasteiger charge is -2.31. The van der Waals surface area contributed by atoms with E-state index >= 15 is 0 Å². The number of benzene rings is 1. The summed E-state index contributed by atoms with van der Waals surface area (Å²) in [6.07, 6.45) is 2.48. The van der Waals surface area contributed by atoms with Gasteiger partial charge in [0.05, 0.1) is 44.9 Å². The Morgan fingerprint density at radius 1 is 1.19 bits per heavy atom. The van der Waals surface area contributed by atoms with Crippen LogP contribution in [-0.4, -0.2) is 76.1 Å². The third kappa shape index (κ3) is 4.46. The third-order valence-corrected chi connectivity index (χ3v) is 5.39. The van der Waals surface area contributed by atoms with E-state index < -0.39 is 0 Å². The normalized spacial score (nSPS) is 17.7. The van der Waals surface area contributed by atoms with Crippen LogP contribution >= 0.6 is 0 Å². The molecule has 0 N–H and O–H groups in total. The fourth-order valence-electron chi connectivity index (χ4n) is 3.87. The second-order valence-corrected chi connectivity index (χ2v) is 7.34. The van der Waals surface area contributed by atoms with Gasteiger partial charge in [0.15, 0.2) is 5.75 Å². The molecule has 1 aromatic carbocycles. The number of ether oxygens (including phenoxy) is 5. The van der Waals surface area contributed by atoms with Crippen LogP contribution in [0.2, 0.25) is 0 Å². The van der Waals surface area contributed by atoms with Gasteiger partial charge in [-0.2, -0.15) is 0 Å². The molecule has 0 aliphatic carbocycles. The van der Waals surface area contributed by atoms with Crippen molar-refractivity contribution in [1.82, 2.24) is 9.88 Å². The van der Waals surface area contributed by atoms with E-state index in [1.54, 1.807) is 25.3 Å². The standard InChI is InChI=1S/C22H27N3O6/c1-27-14-21(26)24-7-6-17(13-24)31-16-4-5-19-18(11-16)25(8-9-30-19)15-10-20(28-2)22(29-3)23-12-15/h4-5,10-12,17H,6-9,13-14H2,1-3H3/t17-/m0/s1. The lowest BCUT2D eigenvalue weighted by atomic mass is 10.2. The van der Waals surface area contributed by atoms with Crippen LogP contribution in [0.5, 0.6) is 23.1 Å². The van der Waals surface area contributed by atoms with Crippen molar-refractivity contribution in [2.45, 2.75) is 12.5 Å². The Labute approximate surface area is 181 Å². The van der Waals surface area contributed by atoms with E-state index in [2.05, 4.69) is 9.88 Å². The molecule has 4 rings (SSSR count). The van der Waals surface area contributed by atoms with Crippen molar-refractivity contribution < 1.29 is 28.5 Å². The number of rotatable bonds is 7. The van der Waals surface area contributed by atoms with Crippen molar-refractivity contribution in [3.63, 3.8) is 0 Å². The second-order valence-electron chi connectivity index (χ2n) is 7.34. The van der Waals surface area contributed by atoms with Gasteiger partial charge in [0.25, 0.3) is 5.88 Å². The lowest BCUT2D eigenvalue weighted by Crippen LogP contribution is -2.33. The van der Waals surface area contributed by atoms with E-state index in [1.165, 1.54) is 7.11 Å². The molecule has 3 heterocycles. The molecule has 1 amide bonds. The number of pyridine rings is 1. The van der Waals surface area contributed by atoms with Crippen molar-refractivity contribution in [2.75, 3.05) is 59.1 Å². The number of nitrogens with zero attached hydrogens (tertiary/aromatic N) is 3. The number of anilines is 2. The van der Waals surface area contributed by atoms with E-state index in [9.17, 15) is 4.79 Å². The third-order valence-electron chi connectivity index (χ3n) is 5.39. The largest absolute Gasteiger partial charge is 0.491 e. The minimum Gasteiger partial charge on any atom is -0.491 e. The number of carbonyl (C=O) groups is 1. The zero-order chi connectivity index (χ0) is 21.8. The van der Waals surface area contributed by atoms with Gasteiger partial charge >= 0.3 is 0 Å². The highest BCUT2D eigenvalue weighted by Crippen LogP contribution is 2.41. The summed E-state index contributed by atoms with van der Waals surface area (Å²) in [5.74, 6) is 2.49. The fourth-order valence-corrected chi connectivity index (χ4v) is 3.87. The number of amides is 1. The van der Waals surface area contributed by atoms with Crippen LogP contribution in [0.4, 0.5) is 11.4 Å². The maximum Gasteiger partial charge on any atom is 0.256 e. The van der Waals surface area contributed by atoms with Crippen molar-refractivity contribution in [1.29, 1.82) is 0 Å². The fraction of sp³-hybridized carbons (Fsp3) is 0.455. The zero-order valence-corrected chi connectivity index (χ0v) is 18.0. The van der Waals surface area contributed by atoms with Crippen molar-refractivity contribution in [3.8, 4) is 23.1 Å². The highest BCUT2D eigenvalue weighted by molar-refractivity contribution is 5.77. The molecular weight excluding hydrogens is 402 g/mol. The first kappa shape index (κ1) is 21.0. The number of methoxy groups -OCH3 is 3.